The Morgan fingerprint density at radius 1 is 1.29 bits per heavy atom. The monoisotopic (exact) mass is 286 g/mol. The average molecular weight is 286 g/mol. The summed E-state index contributed by atoms with van der Waals surface area (Å²) in [5, 5.41) is 7.44. The quantitative estimate of drug-likeness (QED) is 0.208. The predicted molar refractivity (Wildman–Crippen MR) is 75.5 cm³/mol. The second kappa shape index (κ2) is 5.20. The molecule has 0 aliphatic rings. The number of rotatable bonds is 3. The molecule has 0 radical (unpaired) electrons. The van der Waals surface area contributed by atoms with Gasteiger partial charge in [0.15, 0.2) is 23.1 Å². The van der Waals surface area contributed by atoms with Crippen LogP contribution in [0.1, 0.15) is 11.3 Å². The molecule has 0 aliphatic heterocycles. The maximum Gasteiger partial charge on any atom is 0.475 e. The number of H-pyrrole nitrogens is 2. The zero-order valence-corrected chi connectivity index (χ0v) is 11.2. The Hall–Kier alpha value is -2.96. The van der Waals surface area contributed by atoms with Gasteiger partial charge >= 0.3 is 5.65 Å². The minimum atomic E-state index is -0.259. The van der Waals surface area contributed by atoms with Gasteiger partial charge < -0.3 is 11.6 Å². The predicted octanol–water partition coefficient (Wildman–Crippen LogP) is 0.0359. The van der Waals surface area contributed by atoms with Crippen LogP contribution in [0.2, 0.25) is 0 Å². The van der Waals surface area contributed by atoms with Gasteiger partial charge in [-0.2, -0.15) is 15.2 Å². The Morgan fingerprint density at radius 2 is 2.10 bits per heavy atom. The van der Waals surface area contributed by atoms with Crippen molar-refractivity contribution in [1.82, 2.24) is 5.10 Å². The molecular weight excluding hydrogens is 271 g/mol. The summed E-state index contributed by atoms with van der Waals surface area (Å²) in [6.07, 6.45) is 1.79. The first-order valence-electron chi connectivity index (χ1n) is 6.40. The maximum atomic E-state index is 13.8. The van der Waals surface area contributed by atoms with E-state index in [1.807, 2.05) is 12.1 Å². The fraction of sp³-hybridized carbons (Fsp3) is 0.0714. The summed E-state index contributed by atoms with van der Waals surface area (Å²) in [5.41, 5.74) is 7.73. The van der Waals surface area contributed by atoms with E-state index in [0.717, 1.165) is 11.0 Å². The molecule has 3 rings (SSSR count). The summed E-state index contributed by atoms with van der Waals surface area (Å²) in [6.45, 7) is 0.335. The Morgan fingerprint density at radius 3 is 2.86 bits per heavy atom. The molecule has 6 nitrogen and oxygen atoms in total. The summed E-state index contributed by atoms with van der Waals surface area (Å²) in [7, 11) is 0. The number of halogens is 1. The molecule has 7 heteroatoms. The van der Waals surface area contributed by atoms with Gasteiger partial charge in [-0.25, -0.2) is 4.39 Å². The highest BCUT2D eigenvalue weighted by molar-refractivity contribution is 6.04. The molecule has 1 aromatic carbocycles. The minimum absolute atomic E-state index is 0.187. The Balaban J connectivity index is 2.13. The van der Waals surface area contributed by atoms with Crippen molar-refractivity contribution in [1.29, 1.82) is 0 Å². The fourth-order valence-corrected chi connectivity index (χ4v) is 2.28. The first-order chi connectivity index (χ1) is 10.2. The van der Waals surface area contributed by atoms with Crippen LogP contribution in [0.15, 0.2) is 47.7 Å². The van der Waals surface area contributed by atoms with Gasteiger partial charge in [-0.15, -0.1) is 0 Å². The molecule has 0 spiro atoms. The first-order valence-corrected chi connectivity index (χ1v) is 6.40. The zero-order chi connectivity index (χ0) is 14.8. The molecular formula is C14H15FN6+2. The molecule has 0 bridgehead atoms. The molecule has 0 aliphatic carbocycles. The van der Waals surface area contributed by atoms with Crippen molar-refractivity contribution in [2.45, 2.75) is 6.54 Å². The largest absolute Gasteiger partial charge is 0.475 e. The molecule has 0 atom stereocenters. The van der Waals surface area contributed by atoms with Gasteiger partial charge in [0.1, 0.15) is 5.82 Å². The Kier molecular flexibility index (Phi) is 3.23. The number of fused-ring (bicyclic) bond motifs is 1. The van der Waals surface area contributed by atoms with E-state index in [9.17, 15) is 4.39 Å². The van der Waals surface area contributed by atoms with Crippen LogP contribution in [-0.4, -0.2) is 10.9 Å². The van der Waals surface area contributed by atoms with Gasteiger partial charge in [0.25, 0.3) is 0 Å². The lowest BCUT2D eigenvalue weighted by Gasteiger charge is -1.96. The molecule has 2 aromatic heterocycles. The number of nitrogens with one attached hydrogen (secondary N) is 2. The van der Waals surface area contributed by atoms with E-state index < -0.39 is 0 Å². The van der Waals surface area contributed by atoms with Gasteiger partial charge in [-0.05, 0) is 22.9 Å². The molecule has 21 heavy (non-hydrogen) atoms. The molecule has 0 fully saturated rings. The second-order valence-electron chi connectivity index (χ2n) is 4.61. The lowest BCUT2D eigenvalue weighted by molar-refractivity contribution is -0.747. The van der Waals surface area contributed by atoms with Crippen LogP contribution in [0, 0.1) is 5.82 Å². The first kappa shape index (κ1) is 13.0. The smallest absolute Gasteiger partial charge is 0.380 e. The van der Waals surface area contributed by atoms with Crippen LogP contribution in [0.4, 0.5) is 4.39 Å². The number of pyridine rings is 1. The Bertz CT molecular complexity index is 823. The van der Waals surface area contributed by atoms with E-state index in [1.54, 1.807) is 29.1 Å². The highest BCUT2D eigenvalue weighted by atomic mass is 19.1. The number of hydrazone groups is 1. The van der Waals surface area contributed by atoms with Gasteiger partial charge in [0, 0.05) is 6.07 Å². The van der Waals surface area contributed by atoms with Crippen molar-refractivity contribution in [3.8, 4) is 0 Å². The second-order valence-corrected chi connectivity index (χ2v) is 4.61. The molecule has 2 heterocycles. The highest BCUT2D eigenvalue weighted by Gasteiger charge is 2.26. The lowest BCUT2D eigenvalue weighted by atomic mass is 10.2. The van der Waals surface area contributed by atoms with Crippen LogP contribution in [0.3, 0.4) is 0 Å². The van der Waals surface area contributed by atoms with Crippen LogP contribution in [0.25, 0.3) is 11.0 Å². The average Bonchev–Trinajstić information content (AvgIpc) is 2.88. The molecule has 106 valence electrons. The minimum Gasteiger partial charge on any atom is -0.380 e. The van der Waals surface area contributed by atoms with Gasteiger partial charge in [0.05, 0.1) is 5.56 Å². The number of hydrogen-bond donors (Lipinski definition) is 3. The molecule has 3 aromatic rings. The van der Waals surface area contributed by atoms with E-state index in [1.165, 1.54) is 6.07 Å². The molecule has 0 saturated heterocycles. The number of nitrogens with two attached hydrogens (primary N) is 2. The van der Waals surface area contributed by atoms with Crippen LogP contribution in [-0.2, 0) is 6.54 Å². The molecule has 0 amide bonds. The molecule has 6 N–H and O–H groups in total. The summed E-state index contributed by atoms with van der Waals surface area (Å²) < 4.78 is 15.6. The standard InChI is InChI=1S/C14H13FN6/c15-11-6-2-1-4-9(11)8-21-14-10(5-3-7-18-14)12(20-21)13(16)19-17/h1-7H,8H2,(H4,16,17,19,20)/p+2. The number of amidine groups is 1. The number of aromatic nitrogens is 3. The summed E-state index contributed by atoms with van der Waals surface area (Å²) in [5.74, 6) is 5.17. The number of nitrogens with zero attached hydrogens (tertiary/aromatic N) is 2. The SMILES string of the molecule is NN=C(N)c1[nH][n+](Cc2ccccc2F)c2[nH+]cccc12. The van der Waals surface area contributed by atoms with E-state index in [-0.39, 0.29) is 11.7 Å². The summed E-state index contributed by atoms with van der Waals surface area (Å²) in [6, 6.07) is 10.3. The maximum absolute atomic E-state index is 13.8. The molecule has 0 unspecified atom stereocenters. The Labute approximate surface area is 119 Å². The van der Waals surface area contributed by atoms with E-state index in [4.69, 9.17) is 11.6 Å². The van der Waals surface area contributed by atoms with Gasteiger partial charge in [-0.1, -0.05) is 12.1 Å². The summed E-state index contributed by atoms with van der Waals surface area (Å²) in [4.78, 5) is 3.12. The van der Waals surface area contributed by atoms with E-state index >= 15 is 0 Å². The van der Waals surface area contributed by atoms with Crippen molar-refractivity contribution in [3.63, 3.8) is 0 Å². The number of benzene rings is 1. The van der Waals surface area contributed by atoms with Crippen molar-refractivity contribution >= 4 is 16.9 Å². The normalized spacial score (nSPS) is 12.0. The van der Waals surface area contributed by atoms with Crippen molar-refractivity contribution in [2.75, 3.05) is 0 Å². The van der Waals surface area contributed by atoms with E-state index in [2.05, 4.69) is 15.2 Å². The van der Waals surface area contributed by atoms with Crippen LogP contribution < -0.4 is 21.2 Å². The van der Waals surface area contributed by atoms with Crippen molar-refractivity contribution in [3.05, 3.63) is 59.7 Å². The van der Waals surface area contributed by atoms with E-state index in [0.29, 0.717) is 17.8 Å². The topological polar surface area (TPSA) is 98.2 Å². The van der Waals surface area contributed by atoms with Crippen LogP contribution >= 0.6 is 0 Å². The van der Waals surface area contributed by atoms with Crippen molar-refractivity contribution < 1.29 is 14.1 Å². The van der Waals surface area contributed by atoms with Crippen molar-refractivity contribution in [2.24, 2.45) is 16.7 Å². The zero-order valence-electron chi connectivity index (χ0n) is 11.2. The molecule has 0 saturated carbocycles. The van der Waals surface area contributed by atoms with Crippen LogP contribution in [0.5, 0.6) is 0 Å². The third-order valence-electron chi connectivity index (χ3n) is 3.30. The summed E-state index contributed by atoms with van der Waals surface area (Å²) >= 11 is 0. The number of hydrogen-bond acceptors (Lipinski definition) is 2. The third kappa shape index (κ3) is 2.29. The van der Waals surface area contributed by atoms with Gasteiger partial charge in [-0.3, -0.25) is 0 Å². The third-order valence-corrected chi connectivity index (χ3v) is 3.30. The highest BCUT2D eigenvalue weighted by Crippen LogP contribution is 2.11. The fourth-order valence-electron chi connectivity index (χ4n) is 2.28. The number of aromatic amines is 2. The van der Waals surface area contributed by atoms with Gasteiger partial charge in [0.2, 0.25) is 6.54 Å². The lowest BCUT2D eigenvalue weighted by Crippen LogP contribution is -2.41.